The average Bonchev–Trinajstić information content (AvgIpc) is 3.15. The fourth-order valence-corrected chi connectivity index (χ4v) is 5.83. The summed E-state index contributed by atoms with van der Waals surface area (Å²) >= 11 is 6.79. The molecule has 0 unspecified atom stereocenters. The van der Waals surface area contributed by atoms with E-state index in [4.69, 9.17) is 11.6 Å². The molecule has 3 aromatic rings. The van der Waals surface area contributed by atoms with Gasteiger partial charge in [-0.15, -0.1) is 11.3 Å². The largest absolute Gasteiger partial charge is 0.504 e. The van der Waals surface area contributed by atoms with Gasteiger partial charge in [-0.05, 0) is 36.3 Å². The zero-order valence-corrected chi connectivity index (χ0v) is 18.3. The highest BCUT2D eigenvalue weighted by Gasteiger charge is 2.39. The minimum absolute atomic E-state index is 0.0173. The van der Waals surface area contributed by atoms with Gasteiger partial charge in [0.05, 0.1) is 9.21 Å². The summed E-state index contributed by atoms with van der Waals surface area (Å²) in [4.78, 5) is 17.0. The number of likely N-dealkylation sites (N-methyl/N-ethyl adjacent to an activating group) is 1. The van der Waals surface area contributed by atoms with Crippen LogP contribution in [0.15, 0.2) is 65.2 Å². The minimum Gasteiger partial charge on any atom is -0.504 e. The number of sulfonamides is 1. The Labute approximate surface area is 187 Å². The molecule has 2 aromatic heterocycles. The first-order valence-corrected chi connectivity index (χ1v) is 11.5. The van der Waals surface area contributed by atoms with Gasteiger partial charge in [0.25, 0.3) is 15.9 Å². The Kier molecular flexibility index (Phi) is 5.45. The predicted molar refractivity (Wildman–Crippen MR) is 119 cm³/mol. The quantitative estimate of drug-likeness (QED) is 0.555. The molecule has 2 N–H and O–H groups in total. The molecule has 1 amide bonds. The summed E-state index contributed by atoms with van der Waals surface area (Å²) < 4.78 is 26.3. The maximum absolute atomic E-state index is 12.8. The molecule has 31 heavy (non-hydrogen) atoms. The first-order chi connectivity index (χ1) is 14.8. The Bertz CT molecular complexity index is 1390. The third-order valence-electron chi connectivity index (χ3n) is 4.38. The fraction of sp³-hybridized carbons (Fsp3) is 0.0476. The number of fused-ring (bicyclic) bond motifs is 1. The van der Waals surface area contributed by atoms with E-state index in [-0.39, 0.29) is 19.9 Å². The van der Waals surface area contributed by atoms with Crippen molar-refractivity contribution in [3.8, 4) is 11.8 Å². The van der Waals surface area contributed by atoms with Crippen LogP contribution in [0.4, 0.5) is 5.82 Å². The minimum atomic E-state index is -4.03. The number of hydrogen-bond acceptors (Lipinski definition) is 6. The molecule has 10 heteroatoms. The second-order valence-corrected chi connectivity index (χ2v) is 10.0. The SMILES string of the molecule is CN1C(C(=O)Nc2cccc(C#Cc3ccccc3)n2)=C(O)c2sc(Cl)cc2S1(=O)=O. The molecular formula is C21H14ClN3O4S2. The van der Waals surface area contributed by atoms with E-state index >= 15 is 0 Å². The lowest BCUT2D eigenvalue weighted by Gasteiger charge is -2.26. The topological polar surface area (TPSA) is 99.6 Å². The summed E-state index contributed by atoms with van der Waals surface area (Å²) in [6.45, 7) is 0. The van der Waals surface area contributed by atoms with E-state index < -0.39 is 27.4 Å². The number of nitrogens with zero attached hydrogens (tertiary/aromatic N) is 2. The molecule has 1 aromatic carbocycles. The van der Waals surface area contributed by atoms with Crippen LogP contribution in [0.25, 0.3) is 5.76 Å². The number of carbonyl (C=O) groups excluding carboxylic acids is 1. The molecule has 1 aliphatic heterocycles. The van der Waals surface area contributed by atoms with Crippen LogP contribution in [0.1, 0.15) is 16.1 Å². The van der Waals surface area contributed by atoms with Gasteiger partial charge in [0, 0.05) is 12.6 Å². The molecule has 0 bridgehead atoms. The number of thiophene rings is 1. The molecule has 156 valence electrons. The van der Waals surface area contributed by atoms with E-state index in [1.807, 2.05) is 30.3 Å². The Hall–Kier alpha value is -3.32. The summed E-state index contributed by atoms with van der Waals surface area (Å²) in [5.74, 6) is 4.73. The number of pyridine rings is 1. The number of hydrogen-bond donors (Lipinski definition) is 2. The van der Waals surface area contributed by atoms with E-state index in [0.717, 1.165) is 21.2 Å². The molecule has 3 heterocycles. The molecule has 0 radical (unpaired) electrons. The lowest BCUT2D eigenvalue weighted by molar-refractivity contribution is -0.113. The van der Waals surface area contributed by atoms with Crippen molar-refractivity contribution in [3.63, 3.8) is 0 Å². The van der Waals surface area contributed by atoms with Crippen molar-refractivity contribution >= 4 is 50.4 Å². The number of amides is 1. The van der Waals surface area contributed by atoms with Crippen molar-refractivity contribution in [2.75, 3.05) is 12.4 Å². The van der Waals surface area contributed by atoms with Crippen molar-refractivity contribution in [2.24, 2.45) is 0 Å². The molecule has 0 saturated heterocycles. The highest BCUT2D eigenvalue weighted by Crippen LogP contribution is 2.41. The summed E-state index contributed by atoms with van der Waals surface area (Å²) in [6, 6.07) is 15.5. The maximum Gasteiger partial charge on any atom is 0.278 e. The lowest BCUT2D eigenvalue weighted by atomic mass is 10.2. The smallest absolute Gasteiger partial charge is 0.278 e. The Morgan fingerprint density at radius 1 is 1.16 bits per heavy atom. The molecule has 0 aliphatic carbocycles. The van der Waals surface area contributed by atoms with Gasteiger partial charge in [0.1, 0.15) is 16.4 Å². The number of aromatic nitrogens is 1. The van der Waals surface area contributed by atoms with Crippen LogP contribution < -0.4 is 5.32 Å². The number of benzene rings is 1. The number of nitrogens with one attached hydrogen (secondary N) is 1. The molecule has 0 fully saturated rings. The molecule has 4 rings (SSSR count). The van der Waals surface area contributed by atoms with Crippen molar-refractivity contribution in [1.82, 2.24) is 9.29 Å². The van der Waals surface area contributed by atoms with Gasteiger partial charge in [0.2, 0.25) is 0 Å². The summed E-state index contributed by atoms with van der Waals surface area (Å²) in [6.07, 6.45) is 0. The van der Waals surface area contributed by atoms with E-state index in [1.54, 1.807) is 12.1 Å². The van der Waals surface area contributed by atoms with Gasteiger partial charge < -0.3 is 10.4 Å². The molecule has 0 spiro atoms. The number of aliphatic hydroxyl groups excluding tert-OH is 1. The highest BCUT2D eigenvalue weighted by atomic mass is 35.5. The molecule has 0 atom stereocenters. The van der Waals surface area contributed by atoms with E-state index in [9.17, 15) is 18.3 Å². The first kappa shape index (κ1) is 20.9. The average molecular weight is 472 g/mol. The van der Waals surface area contributed by atoms with Crippen molar-refractivity contribution in [1.29, 1.82) is 0 Å². The molecule has 7 nitrogen and oxygen atoms in total. The highest BCUT2D eigenvalue weighted by molar-refractivity contribution is 7.89. The number of halogens is 1. The molecule has 0 saturated carbocycles. The van der Waals surface area contributed by atoms with Crippen LogP contribution in [0.5, 0.6) is 0 Å². The van der Waals surface area contributed by atoms with Crippen molar-refractivity contribution < 1.29 is 18.3 Å². The van der Waals surface area contributed by atoms with Crippen LogP contribution in [-0.2, 0) is 14.8 Å². The monoisotopic (exact) mass is 471 g/mol. The first-order valence-electron chi connectivity index (χ1n) is 8.85. The molecular weight excluding hydrogens is 458 g/mol. The van der Waals surface area contributed by atoms with Crippen LogP contribution in [-0.4, -0.2) is 35.8 Å². The van der Waals surface area contributed by atoms with Crippen LogP contribution in [0, 0.1) is 11.8 Å². The Balaban J connectivity index is 1.64. The fourth-order valence-electron chi connectivity index (χ4n) is 2.88. The number of aliphatic hydroxyl groups is 1. The van der Waals surface area contributed by atoms with Crippen molar-refractivity contribution in [3.05, 3.63) is 80.8 Å². The van der Waals surface area contributed by atoms with Crippen LogP contribution in [0.3, 0.4) is 0 Å². The van der Waals surface area contributed by atoms with Gasteiger partial charge in [-0.3, -0.25) is 9.10 Å². The van der Waals surface area contributed by atoms with Crippen LogP contribution >= 0.6 is 22.9 Å². The van der Waals surface area contributed by atoms with Gasteiger partial charge >= 0.3 is 0 Å². The second kappa shape index (κ2) is 8.07. The standard InChI is InChI=1S/C21H14ClN3O4S2/c1-25-18(19(26)20-15(31(25,28)29)12-16(22)30-20)21(27)24-17-9-5-8-14(23-17)11-10-13-6-3-2-4-7-13/h2-9,12,26H,1H3,(H,23,24,27). The predicted octanol–water partition coefficient (Wildman–Crippen LogP) is 3.70. The number of anilines is 1. The zero-order valence-electron chi connectivity index (χ0n) is 16.0. The summed E-state index contributed by atoms with van der Waals surface area (Å²) in [5.41, 5.74) is 0.804. The van der Waals surface area contributed by atoms with Gasteiger partial charge in [0.15, 0.2) is 11.5 Å². The number of carbonyl (C=O) groups is 1. The summed E-state index contributed by atoms with van der Waals surface area (Å²) in [7, 11) is -2.84. The number of rotatable bonds is 2. The normalized spacial score (nSPS) is 14.5. The van der Waals surface area contributed by atoms with Crippen molar-refractivity contribution in [2.45, 2.75) is 4.90 Å². The third kappa shape index (κ3) is 4.01. The maximum atomic E-state index is 12.8. The molecule has 1 aliphatic rings. The zero-order chi connectivity index (χ0) is 22.2. The Morgan fingerprint density at radius 2 is 1.90 bits per heavy atom. The van der Waals surface area contributed by atoms with E-state index in [1.165, 1.54) is 19.2 Å². The second-order valence-electron chi connectivity index (χ2n) is 6.39. The van der Waals surface area contributed by atoms with Gasteiger partial charge in [-0.2, -0.15) is 0 Å². The van der Waals surface area contributed by atoms with Crippen LogP contribution in [0.2, 0.25) is 4.34 Å². The summed E-state index contributed by atoms with van der Waals surface area (Å²) in [5, 5.41) is 13.1. The lowest BCUT2D eigenvalue weighted by Crippen LogP contribution is -2.36. The van der Waals surface area contributed by atoms with E-state index in [0.29, 0.717) is 5.69 Å². The third-order valence-corrected chi connectivity index (χ3v) is 7.56. The van der Waals surface area contributed by atoms with E-state index in [2.05, 4.69) is 22.1 Å². The van der Waals surface area contributed by atoms with Gasteiger partial charge in [-0.1, -0.05) is 41.8 Å². The Morgan fingerprint density at radius 3 is 2.65 bits per heavy atom. The van der Waals surface area contributed by atoms with Gasteiger partial charge in [-0.25, -0.2) is 13.4 Å².